The maximum Gasteiger partial charge on any atom is 0.213 e. The minimum absolute atomic E-state index is 0. The molecule has 1 rings (SSSR count). The van der Waals surface area contributed by atoms with Crippen molar-refractivity contribution in [2.45, 2.75) is 38.1 Å². The fraction of sp³-hybridized carbons (Fsp3) is 1.00. The summed E-state index contributed by atoms with van der Waals surface area (Å²) in [5, 5.41) is 0. The summed E-state index contributed by atoms with van der Waals surface area (Å²) in [5.41, 5.74) is 5.12. The van der Waals surface area contributed by atoms with Crippen LogP contribution in [-0.2, 0) is 20.0 Å². The van der Waals surface area contributed by atoms with Crippen LogP contribution < -0.4 is 15.2 Å². The topological polar surface area (TPSA) is 118 Å². The first-order chi connectivity index (χ1) is 8.74. The Morgan fingerprint density at radius 2 is 1.65 bits per heavy atom. The van der Waals surface area contributed by atoms with Gasteiger partial charge in [-0.15, -0.1) is 12.4 Å². The minimum atomic E-state index is -3.52. The van der Waals surface area contributed by atoms with Crippen molar-refractivity contribution < 1.29 is 16.8 Å². The van der Waals surface area contributed by atoms with Crippen molar-refractivity contribution in [1.29, 1.82) is 0 Å². The van der Waals surface area contributed by atoms with Crippen molar-refractivity contribution in [2.24, 2.45) is 5.73 Å². The van der Waals surface area contributed by atoms with E-state index in [1.165, 1.54) is 6.92 Å². The molecule has 0 unspecified atom stereocenters. The van der Waals surface area contributed by atoms with Crippen LogP contribution in [0.5, 0.6) is 0 Å². The van der Waals surface area contributed by atoms with Gasteiger partial charge in [0.05, 0.1) is 11.5 Å². The van der Waals surface area contributed by atoms with Gasteiger partial charge >= 0.3 is 0 Å². The molecule has 1 aliphatic rings. The van der Waals surface area contributed by atoms with E-state index in [2.05, 4.69) is 9.44 Å². The van der Waals surface area contributed by atoms with Crippen molar-refractivity contribution in [3.05, 3.63) is 0 Å². The molecule has 0 aliphatic heterocycles. The number of hydrogen-bond donors (Lipinski definition) is 3. The zero-order chi connectivity index (χ0) is 14.6. The third kappa shape index (κ3) is 6.23. The summed E-state index contributed by atoms with van der Waals surface area (Å²) < 4.78 is 51.1. The Balaban J connectivity index is 0.00000361. The van der Waals surface area contributed by atoms with Gasteiger partial charge < -0.3 is 5.73 Å². The zero-order valence-corrected chi connectivity index (χ0v) is 14.0. The van der Waals surface area contributed by atoms with Crippen molar-refractivity contribution in [3.8, 4) is 0 Å². The fourth-order valence-electron chi connectivity index (χ4n) is 2.21. The van der Waals surface area contributed by atoms with Gasteiger partial charge in [-0.25, -0.2) is 26.3 Å². The van der Waals surface area contributed by atoms with Crippen LogP contribution in [-0.4, -0.2) is 47.0 Å². The molecule has 122 valence electrons. The van der Waals surface area contributed by atoms with Gasteiger partial charge in [-0.3, -0.25) is 0 Å². The summed E-state index contributed by atoms with van der Waals surface area (Å²) >= 11 is 0. The van der Waals surface area contributed by atoms with E-state index in [0.29, 0.717) is 0 Å². The van der Waals surface area contributed by atoms with Gasteiger partial charge in [0.25, 0.3) is 0 Å². The van der Waals surface area contributed by atoms with E-state index >= 15 is 0 Å². The SMILES string of the molecule is CCS(=O)(=O)NCCS(=O)(=O)NC1(CN)CCCC1.Cl. The number of nitrogens with one attached hydrogen (secondary N) is 2. The molecule has 0 atom stereocenters. The molecule has 0 saturated heterocycles. The summed E-state index contributed by atoms with van der Waals surface area (Å²) in [5.74, 6) is -0.332. The van der Waals surface area contributed by atoms with E-state index in [0.717, 1.165) is 25.7 Å². The molecular weight excluding hydrogens is 326 g/mol. The predicted octanol–water partition coefficient (Wildman–Crippen LogP) is -0.462. The van der Waals surface area contributed by atoms with E-state index < -0.39 is 25.6 Å². The van der Waals surface area contributed by atoms with E-state index in [9.17, 15) is 16.8 Å². The molecule has 1 saturated carbocycles. The Hall–Kier alpha value is 0.0700. The molecule has 1 aliphatic carbocycles. The van der Waals surface area contributed by atoms with E-state index in [1.54, 1.807) is 0 Å². The highest BCUT2D eigenvalue weighted by atomic mass is 35.5. The Bertz CT molecular complexity index is 487. The average molecular weight is 350 g/mol. The normalized spacial score (nSPS) is 18.7. The highest BCUT2D eigenvalue weighted by molar-refractivity contribution is 7.90. The van der Waals surface area contributed by atoms with Crippen molar-refractivity contribution in [1.82, 2.24) is 9.44 Å². The van der Waals surface area contributed by atoms with E-state index in [4.69, 9.17) is 5.73 Å². The summed E-state index contributed by atoms with van der Waals surface area (Å²) in [7, 11) is -6.88. The van der Waals surface area contributed by atoms with Crippen LogP contribution in [0.2, 0.25) is 0 Å². The maximum atomic E-state index is 11.9. The first-order valence-electron chi connectivity index (χ1n) is 6.43. The Morgan fingerprint density at radius 1 is 1.10 bits per heavy atom. The first-order valence-corrected chi connectivity index (χ1v) is 9.74. The summed E-state index contributed by atoms with van der Waals surface area (Å²) in [4.78, 5) is 0. The summed E-state index contributed by atoms with van der Waals surface area (Å²) in [6.07, 6.45) is 3.40. The zero-order valence-electron chi connectivity index (χ0n) is 11.6. The van der Waals surface area contributed by atoms with Gasteiger partial charge in [-0.2, -0.15) is 0 Å². The van der Waals surface area contributed by atoms with Crippen molar-refractivity contribution in [2.75, 3.05) is 24.6 Å². The lowest BCUT2D eigenvalue weighted by atomic mass is 10.0. The van der Waals surface area contributed by atoms with Crippen LogP contribution in [0.25, 0.3) is 0 Å². The van der Waals surface area contributed by atoms with Crippen LogP contribution in [0.15, 0.2) is 0 Å². The number of hydrogen-bond acceptors (Lipinski definition) is 5. The van der Waals surface area contributed by atoms with Gasteiger partial charge in [-0.1, -0.05) is 12.8 Å². The molecule has 10 heteroatoms. The highest BCUT2D eigenvalue weighted by Crippen LogP contribution is 2.29. The standard InChI is InChI=1S/C10H23N3O4S2.ClH/c1-2-18(14,15)12-7-8-19(16,17)13-10(9-11)5-3-4-6-10;/h12-13H,2-9,11H2,1H3;1H. The molecule has 0 aromatic carbocycles. The monoisotopic (exact) mass is 349 g/mol. The quantitative estimate of drug-likeness (QED) is 0.548. The van der Waals surface area contributed by atoms with Gasteiger partial charge in [0, 0.05) is 18.6 Å². The molecule has 0 spiro atoms. The van der Waals surface area contributed by atoms with Crippen LogP contribution >= 0.6 is 12.4 Å². The summed E-state index contributed by atoms with van der Waals surface area (Å²) in [6.45, 7) is 1.65. The molecule has 1 fully saturated rings. The Labute approximate surface area is 127 Å². The maximum absolute atomic E-state index is 11.9. The van der Waals surface area contributed by atoms with E-state index in [-0.39, 0.29) is 37.0 Å². The molecule has 4 N–H and O–H groups in total. The minimum Gasteiger partial charge on any atom is -0.329 e. The molecule has 0 radical (unpaired) electrons. The Kier molecular flexibility index (Phi) is 7.93. The largest absolute Gasteiger partial charge is 0.329 e. The van der Waals surface area contributed by atoms with Gasteiger partial charge in [0.15, 0.2) is 0 Å². The number of halogens is 1. The van der Waals surface area contributed by atoms with Crippen LogP contribution in [0.1, 0.15) is 32.6 Å². The average Bonchev–Trinajstić information content (AvgIpc) is 2.77. The molecule has 0 aromatic heterocycles. The predicted molar refractivity (Wildman–Crippen MR) is 81.9 cm³/mol. The van der Waals surface area contributed by atoms with Crippen molar-refractivity contribution >= 4 is 32.5 Å². The highest BCUT2D eigenvalue weighted by Gasteiger charge is 2.36. The second-order valence-corrected chi connectivity index (χ2v) is 8.85. The number of sulfonamides is 2. The van der Waals surface area contributed by atoms with Gasteiger partial charge in [-0.05, 0) is 19.8 Å². The lowest BCUT2D eigenvalue weighted by Crippen LogP contribution is -2.52. The smallest absolute Gasteiger partial charge is 0.213 e. The van der Waals surface area contributed by atoms with E-state index in [1.807, 2.05) is 0 Å². The van der Waals surface area contributed by atoms with Crippen LogP contribution in [0.3, 0.4) is 0 Å². The molecule has 0 amide bonds. The summed E-state index contributed by atoms with van der Waals surface area (Å²) in [6, 6.07) is 0. The molecule has 0 aromatic rings. The lowest BCUT2D eigenvalue weighted by molar-refractivity contribution is 0.399. The molecule has 0 bridgehead atoms. The molecule has 0 heterocycles. The number of nitrogens with two attached hydrogens (primary N) is 1. The molecule has 7 nitrogen and oxygen atoms in total. The first kappa shape index (κ1) is 20.1. The van der Waals surface area contributed by atoms with Gasteiger partial charge in [0.1, 0.15) is 0 Å². The third-order valence-corrected chi connectivity index (χ3v) is 6.29. The lowest BCUT2D eigenvalue weighted by Gasteiger charge is -2.28. The fourth-order valence-corrected chi connectivity index (χ4v) is 4.38. The second-order valence-electron chi connectivity index (χ2n) is 4.91. The second kappa shape index (κ2) is 7.90. The molecule has 20 heavy (non-hydrogen) atoms. The Morgan fingerprint density at radius 3 is 2.10 bits per heavy atom. The molecular formula is C10H24ClN3O4S2. The van der Waals surface area contributed by atoms with Crippen LogP contribution in [0.4, 0.5) is 0 Å². The number of rotatable bonds is 8. The van der Waals surface area contributed by atoms with Gasteiger partial charge in [0.2, 0.25) is 20.0 Å². The van der Waals surface area contributed by atoms with Crippen LogP contribution in [0, 0.1) is 0 Å². The van der Waals surface area contributed by atoms with Crippen molar-refractivity contribution in [3.63, 3.8) is 0 Å². The third-order valence-electron chi connectivity index (χ3n) is 3.40.